The van der Waals surface area contributed by atoms with Crippen molar-refractivity contribution < 1.29 is 4.79 Å². The van der Waals surface area contributed by atoms with E-state index in [1.54, 1.807) is 12.1 Å². The summed E-state index contributed by atoms with van der Waals surface area (Å²) < 4.78 is 0. The number of hydrogen-bond donors (Lipinski definition) is 2. The summed E-state index contributed by atoms with van der Waals surface area (Å²) in [7, 11) is 0. The first kappa shape index (κ1) is 12.7. The normalized spacial score (nSPS) is 12.1. The molecular formula is C11H12BrN5O. The molecule has 1 unspecified atom stereocenters. The third kappa shape index (κ3) is 2.92. The van der Waals surface area contributed by atoms with Crippen molar-refractivity contribution in [3.05, 3.63) is 24.3 Å². The Morgan fingerprint density at radius 1 is 1.44 bits per heavy atom. The van der Waals surface area contributed by atoms with Gasteiger partial charge in [-0.2, -0.15) is 5.21 Å². The first-order chi connectivity index (χ1) is 8.70. The second-order valence-corrected chi connectivity index (χ2v) is 4.78. The number of nitrogens with zero attached hydrogens (tertiary/aromatic N) is 3. The summed E-state index contributed by atoms with van der Waals surface area (Å²) in [5.74, 6) is 0.476. The van der Waals surface area contributed by atoms with Crippen LogP contribution in [0.2, 0.25) is 0 Å². The van der Waals surface area contributed by atoms with E-state index in [2.05, 4.69) is 41.9 Å². The van der Waals surface area contributed by atoms with Crippen LogP contribution >= 0.6 is 15.9 Å². The molecule has 2 N–H and O–H groups in total. The van der Waals surface area contributed by atoms with E-state index in [-0.39, 0.29) is 10.7 Å². The fraction of sp³-hybridized carbons (Fsp3) is 0.273. The number of carbonyl (C=O) groups excluding carboxylic acids is 1. The summed E-state index contributed by atoms with van der Waals surface area (Å²) in [6, 6.07) is 7.27. The van der Waals surface area contributed by atoms with Gasteiger partial charge in [0.25, 0.3) is 0 Å². The van der Waals surface area contributed by atoms with E-state index in [1.807, 2.05) is 19.1 Å². The number of anilines is 1. The minimum Gasteiger partial charge on any atom is -0.325 e. The first-order valence-electron chi connectivity index (χ1n) is 5.49. The number of rotatable bonds is 4. The van der Waals surface area contributed by atoms with Crippen molar-refractivity contribution in [3.8, 4) is 11.4 Å². The van der Waals surface area contributed by atoms with Crippen LogP contribution in [0.5, 0.6) is 0 Å². The molecule has 1 atom stereocenters. The maximum Gasteiger partial charge on any atom is 0.238 e. The highest BCUT2D eigenvalue weighted by Crippen LogP contribution is 2.17. The summed E-state index contributed by atoms with van der Waals surface area (Å²) in [6.45, 7) is 1.94. The predicted molar refractivity (Wildman–Crippen MR) is 71.2 cm³/mol. The Bertz CT molecular complexity index is 511. The fourth-order valence-electron chi connectivity index (χ4n) is 1.39. The van der Waals surface area contributed by atoms with E-state index in [1.165, 1.54) is 0 Å². The molecular weight excluding hydrogens is 298 g/mol. The van der Waals surface area contributed by atoms with Crippen molar-refractivity contribution in [1.29, 1.82) is 0 Å². The van der Waals surface area contributed by atoms with Gasteiger partial charge in [-0.15, -0.1) is 10.2 Å². The highest BCUT2D eigenvalue weighted by atomic mass is 79.9. The van der Waals surface area contributed by atoms with E-state index >= 15 is 0 Å². The summed E-state index contributed by atoms with van der Waals surface area (Å²) in [4.78, 5) is 11.5. The number of aromatic nitrogens is 4. The zero-order chi connectivity index (χ0) is 13.0. The van der Waals surface area contributed by atoms with Gasteiger partial charge in [-0.05, 0) is 35.9 Å². The lowest BCUT2D eigenvalue weighted by Gasteiger charge is -2.08. The Hall–Kier alpha value is -1.76. The van der Waals surface area contributed by atoms with Crippen molar-refractivity contribution in [3.63, 3.8) is 0 Å². The highest BCUT2D eigenvalue weighted by Gasteiger charge is 2.12. The van der Waals surface area contributed by atoms with Crippen molar-refractivity contribution in [2.45, 2.75) is 18.2 Å². The lowest BCUT2D eigenvalue weighted by molar-refractivity contribution is -0.115. The van der Waals surface area contributed by atoms with E-state index in [9.17, 15) is 4.79 Å². The molecule has 1 aromatic heterocycles. The highest BCUT2D eigenvalue weighted by molar-refractivity contribution is 9.10. The van der Waals surface area contributed by atoms with Crippen LogP contribution in [-0.4, -0.2) is 31.4 Å². The van der Waals surface area contributed by atoms with Gasteiger partial charge in [0, 0.05) is 11.3 Å². The Kier molecular flexibility index (Phi) is 4.03. The average molecular weight is 310 g/mol. The SMILES string of the molecule is CCC(Br)C(=O)Nc1ccc(-c2nn[nH]n2)cc1. The summed E-state index contributed by atoms with van der Waals surface area (Å²) >= 11 is 3.30. The van der Waals surface area contributed by atoms with Crippen molar-refractivity contribution in [2.75, 3.05) is 5.32 Å². The van der Waals surface area contributed by atoms with Gasteiger partial charge in [0.15, 0.2) is 0 Å². The number of hydrogen-bond acceptors (Lipinski definition) is 4. The third-order valence-electron chi connectivity index (χ3n) is 2.40. The lowest BCUT2D eigenvalue weighted by Crippen LogP contribution is -2.21. The number of halogens is 1. The largest absolute Gasteiger partial charge is 0.325 e. The number of amides is 1. The molecule has 0 saturated carbocycles. The molecule has 0 spiro atoms. The van der Waals surface area contributed by atoms with Crippen LogP contribution in [0.1, 0.15) is 13.3 Å². The van der Waals surface area contributed by atoms with Crippen LogP contribution in [0, 0.1) is 0 Å². The molecule has 0 fully saturated rings. The lowest BCUT2D eigenvalue weighted by atomic mass is 10.2. The van der Waals surface area contributed by atoms with Crippen molar-refractivity contribution >= 4 is 27.5 Å². The Morgan fingerprint density at radius 2 is 2.17 bits per heavy atom. The molecule has 0 bridgehead atoms. The van der Waals surface area contributed by atoms with Gasteiger partial charge in [-0.25, -0.2) is 0 Å². The molecule has 0 radical (unpaired) electrons. The maximum atomic E-state index is 11.7. The van der Waals surface area contributed by atoms with E-state index < -0.39 is 0 Å². The van der Waals surface area contributed by atoms with E-state index in [0.717, 1.165) is 17.7 Å². The quantitative estimate of drug-likeness (QED) is 0.846. The second kappa shape index (κ2) is 5.72. The number of nitrogens with one attached hydrogen (secondary N) is 2. The zero-order valence-corrected chi connectivity index (χ0v) is 11.3. The van der Waals surface area contributed by atoms with E-state index in [4.69, 9.17) is 0 Å². The first-order valence-corrected chi connectivity index (χ1v) is 6.41. The minimum absolute atomic E-state index is 0.0511. The molecule has 0 saturated heterocycles. The predicted octanol–water partition coefficient (Wildman–Crippen LogP) is 1.98. The van der Waals surface area contributed by atoms with E-state index in [0.29, 0.717) is 5.82 Å². The minimum atomic E-state index is -0.172. The van der Waals surface area contributed by atoms with Gasteiger partial charge >= 0.3 is 0 Å². The van der Waals surface area contributed by atoms with Crippen LogP contribution in [0.3, 0.4) is 0 Å². The molecule has 94 valence electrons. The molecule has 1 amide bonds. The van der Waals surface area contributed by atoms with Gasteiger partial charge in [-0.1, -0.05) is 22.9 Å². The molecule has 2 rings (SSSR count). The Morgan fingerprint density at radius 3 is 2.72 bits per heavy atom. The van der Waals surface area contributed by atoms with Crippen LogP contribution in [0.25, 0.3) is 11.4 Å². The Balaban J connectivity index is 2.06. The summed E-state index contributed by atoms with van der Waals surface area (Å²) in [6.07, 6.45) is 0.743. The zero-order valence-electron chi connectivity index (χ0n) is 9.72. The number of benzene rings is 1. The third-order valence-corrected chi connectivity index (χ3v) is 3.46. The van der Waals surface area contributed by atoms with Gasteiger partial charge < -0.3 is 5.32 Å². The second-order valence-electron chi connectivity index (χ2n) is 3.68. The van der Waals surface area contributed by atoms with Gasteiger partial charge in [-0.3, -0.25) is 4.79 Å². The number of tetrazole rings is 1. The molecule has 7 heteroatoms. The number of carbonyl (C=O) groups is 1. The number of H-pyrrole nitrogens is 1. The molecule has 6 nitrogen and oxygen atoms in total. The molecule has 1 aromatic carbocycles. The molecule has 0 aliphatic carbocycles. The Labute approximate surface area is 112 Å². The molecule has 18 heavy (non-hydrogen) atoms. The molecule has 2 aromatic rings. The van der Waals surface area contributed by atoms with Gasteiger partial charge in [0.2, 0.25) is 11.7 Å². The molecule has 1 heterocycles. The smallest absolute Gasteiger partial charge is 0.238 e. The van der Waals surface area contributed by atoms with Crippen LogP contribution in [-0.2, 0) is 4.79 Å². The fourth-order valence-corrected chi connectivity index (χ4v) is 1.51. The maximum absolute atomic E-state index is 11.7. The van der Waals surface area contributed by atoms with Crippen LogP contribution < -0.4 is 5.32 Å². The number of alkyl halides is 1. The van der Waals surface area contributed by atoms with Crippen molar-refractivity contribution in [2.24, 2.45) is 0 Å². The topological polar surface area (TPSA) is 83.6 Å². The van der Waals surface area contributed by atoms with Gasteiger partial charge in [0.05, 0.1) is 4.83 Å². The van der Waals surface area contributed by atoms with Crippen LogP contribution in [0.4, 0.5) is 5.69 Å². The number of aromatic amines is 1. The van der Waals surface area contributed by atoms with Gasteiger partial charge in [0.1, 0.15) is 0 Å². The van der Waals surface area contributed by atoms with Crippen molar-refractivity contribution in [1.82, 2.24) is 20.6 Å². The summed E-state index contributed by atoms with van der Waals surface area (Å²) in [5, 5.41) is 16.5. The molecule has 0 aliphatic heterocycles. The monoisotopic (exact) mass is 309 g/mol. The standard InChI is InChI=1S/C11H12BrN5O/c1-2-9(12)11(18)13-8-5-3-7(4-6-8)10-14-16-17-15-10/h3-6,9H,2H2,1H3,(H,13,18)(H,14,15,16,17). The van der Waals surface area contributed by atoms with Crippen LogP contribution in [0.15, 0.2) is 24.3 Å². The average Bonchev–Trinajstić information content (AvgIpc) is 2.92. The summed E-state index contributed by atoms with van der Waals surface area (Å²) in [5.41, 5.74) is 1.58. The molecule has 0 aliphatic rings.